The number of rotatable bonds is 8. The van der Waals surface area contributed by atoms with Gasteiger partial charge in [0.2, 0.25) is 5.91 Å². The molecule has 4 nitrogen and oxygen atoms in total. The van der Waals surface area contributed by atoms with Gasteiger partial charge < -0.3 is 16.0 Å². The minimum Gasteiger partial charge on any atom is -0.353 e. The van der Waals surface area contributed by atoms with E-state index in [4.69, 9.17) is 5.73 Å². The summed E-state index contributed by atoms with van der Waals surface area (Å²) in [6.07, 6.45) is 1.52. The summed E-state index contributed by atoms with van der Waals surface area (Å²) >= 11 is 0. The van der Waals surface area contributed by atoms with Crippen LogP contribution < -0.4 is 11.1 Å². The summed E-state index contributed by atoms with van der Waals surface area (Å²) in [6.45, 7) is 4.58. The summed E-state index contributed by atoms with van der Waals surface area (Å²) in [5, 5.41) is 2.88. The van der Waals surface area contributed by atoms with Crippen LogP contribution in [0.15, 0.2) is 30.3 Å². The van der Waals surface area contributed by atoms with Crippen LogP contribution in [-0.2, 0) is 11.2 Å². The monoisotopic (exact) mass is 263 g/mol. The summed E-state index contributed by atoms with van der Waals surface area (Å²) in [5.74, 6) is -0.0552. The van der Waals surface area contributed by atoms with E-state index < -0.39 is 6.04 Å². The van der Waals surface area contributed by atoms with Crippen molar-refractivity contribution in [3.05, 3.63) is 35.9 Å². The summed E-state index contributed by atoms with van der Waals surface area (Å²) in [5.41, 5.74) is 7.11. The molecule has 1 atom stereocenters. The molecule has 0 bridgehead atoms. The number of carbonyl (C=O) groups excluding carboxylic acids is 1. The van der Waals surface area contributed by atoms with Gasteiger partial charge in [0.05, 0.1) is 6.04 Å². The van der Waals surface area contributed by atoms with Gasteiger partial charge in [0.25, 0.3) is 0 Å². The Labute approximate surface area is 116 Å². The lowest BCUT2D eigenvalue weighted by molar-refractivity contribution is -0.122. The molecule has 0 unspecified atom stereocenters. The van der Waals surface area contributed by atoms with Crippen LogP contribution in [-0.4, -0.2) is 43.5 Å². The third kappa shape index (κ3) is 6.36. The minimum atomic E-state index is -0.424. The smallest absolute Gasteiger partial charge is 0.236 e. The number of amides is 1. The van der Waals surface area contributed by atoms with Gasteiger partial charge in [-0.15, -0.1) is 0 Å². The fourth-order valence-corrected chi connectivity index (χ4v) is 1.76. The summed E-state index contributed by atoms with van der Waals surface area (Å²) in [6, 6.07) is 9.68. The third-order valence-electron chi connectivity index (χ3n) is 3.26. The largest absolute Gasteiger partial charge is 0.353 e. The van der Waals surface area contributed by atoms with Gasteiger partial charge in [-0.1, -0.05) is 37.3 Å². The SMILES string of the molecule is CCN(C)CCNC(=O)[C@@H](N)CCc1ccccc1. The number of likely N-dealkylation sites (N-methyl/N-ethyl adjacent to an activating group) is 1. The van der Waals surface area contributed by atoms with Gasteiger partial charge in [0.15, 0.2) is 0 Å². The van der Waals surface area contributed by atoms with Gasteiger partial charge >= 0.3 is 0 Å². The van der Waals surface area contributed by atoms with Crippen molar-refractivity contribution < 1.29 is 4.79 Å². The second-order valence-corrected chi connectivity index (χ2v) is 4.82. The molecule has 4 heteroatoms. The van der Waals surface area contributed by atoms with Crippen LogP contribution in [0, 0.1) is 0 Å². The predicted octanol–water partition coefficient (Wildman–Crippen LogP) is 1.01. The van der Waals surface area contributed by atoms with Gasteiger partial charge in [0, 0.05) is 13.1 Å². The first kappa shape index (κ1) is 15.7. The van der Waals surface area contributed by atoms with Crippen LogP contribution in [0.1, 0.15) is 18.9 Å². The fourth-order valence-electron chi connectivity index (χ4n) is 1.76. The average Bonchev–Trinajstić information content (AvgIpc) is 2.45. The van der Waals surface area contributed by atoms with E-state index in [9.17, 15) is 4.79 Å². The van der Waals surface area contributed by atoms with Crippen LogP contribution in [0.3, 0.4) is 0 Å². The predicted molar refractivity (Wildman–Crippen MR) is 78.9 cm³/mol. The molecule has 106 valence electrons. The van der Waals surface area contributed by atoms with Crippen molar-refractivity contribution in [1.82, 2.24) is 10.2 Å². The molecule has 0 saturated heterocycles. The Morgan fingerprint density at radius 3 is 2.68 bits per heavy atom. The quantitative estimate of drug-likeness (QED) is 0.736. The van der Waals surface area contributed by atoms with Crippen molar-refractivity contribution in [3.63, 3.8) is 0 Å². The number of nitrogens with one attached hydrogen (secondary N) is 1. The van der Waals surface area contributed by atoms with Crippen molar-refractivity contribution in [3.8, 4) is 0 Å². The standard InChI is InChI=1S/C15H25N3O/c1-3-18(2)12-11-17-15(19)14(16)10-9-13-7-5-4-6-8-13/h4-8,14H,3,9-12,16H2,1-2H3,(H,17,19)/t14-/m0/s1. The number of nitrogens with two attached hydrogens (primary N) is 1. The molecule has 0 aromatic heterocycles. The lowest BCUT2D eigenvalue weighted by Crippen LogP contribution is -2.43. The van der Waals surface area contributed by atoms with Gasteiger partial charge in [0.1, 0.15) is 0 Å². The van der Waals surface area contributed by atoms with Crippen LogP contribution >= 0.6 is 0 Å². The van der Waals surface area contributed by atoms with Gasteiger partial charge in [-0.05, 0) is 32.0 Å². The first-order valence-corrected chi connectivity index (χ1v) is 6.89. The molecule has 1 aromatic rings. The summed E-state index contributed by atoms with van der Waals surface area (Å²) < 4.78 is 0. The van der Waals surface area contributed by atoms with Crippen molar-refractivity contribution in [1.29, 1.82) is 0 Å². The number of carbonyl (C=O) groups is 1. The van der Waals surface area contributed by atoms with Crippen molar-refractivity contribution in [2.24, 2.45) is 5.73 Å². The highest BCUT2D eigenvalue weighted by Gasteiger charge is 2.12. The van der Waals surface area contributed by atoms with E-state index >= 15 is 0 Å². The Morgan fingerprint density at radius 2 is 2.05 bits per heavy atom. The zero-order chi connectivity index (χ0) is 14.1. The number of aryl methyl sites for hydroxylation is 1. The highest BCUT2D eigenvalue weighted by atomic mass is 16.2. The number of nitrogens with zero attached hydrogens (tertiary/aromatic N) is 1. The second-order valence-electron chi connectivity index (χ2n) is 4.82. The molecule has 3 N–H and O–H groups in total. The van der Waals surface area contributed by atoms with Crippen molar-refractivity contribution in [2.45, 2.75) is 25.8 Å². The van der Waals surface area contributed by atoms with E-state index in [1.165, 1.54) is 5.56 Å². The molecule has 0 aliphatic rings. The van der Waals surface area contributed by atoms with Crippen molar-refractivity contribution in [2.75, 3.05) is 26.7 Å². The maximum Gasteiger partial charge on any atom is 0.236 e. The molecule has 0 radical (unpaired) electrons. The van der Waals surface area contributed by atoms with E-state index in [-0.39, 0.29) is 5.91 Å². The van der Waals surface area contributed by atoms with E-state index in [0.717, 1.165) is 19.5 Å². The topological polar surface area (TPSA) is 58.4 Å². The molecule has 1 amide bonds. The van der Waals surface area contributed by atoms with E-state index in [2.05, 4.69) is 29.3 Å². The Kier molecular flexibility index (Phi) is 7.15. The van der Waals surface area contributed by atoms with Gasteiger partial charge in [-0.25, -0.2) is 0 Å². The number of benzene rings is 1. The second kappa shape index (κ2) is 8.67. The lowest BCUT2D eigenvalue weighted by Gasteiger charge is -2.16. The maximum atomic E-state index is 11.8. The summed E-state index contributed by atoms with van der Waals surface area (Å²) in [4.78, 5) is 13.9. The highest BCUT2D eigenvalue weighted by Crippen LogP contribution is 2.03. The Morgan fingerprint density at radius 1 is 1.37 bits per heavy atom. The van der Waals surface area contributed by atoms with E-state index in [1.54, 1.807) is 0 Å². The molecule has 19 heavy (non-hydrogen) atoms. The Balaban J connectivity index is 2.21. The average molecular weight is 263 g/mol. The first-order valence-electron chi connectivity index (χ1n) is 6.89. The Bertz CT molecular complexity index is 367. The molecule has 0 saturated carbocycles. The zero-order valence-electron chi connectivity index (χ0n) is 11.9. The van der Waals surface area contributed by atoms with Gasteiger partial charge in [-0.3, -0.25) is 4.79 Å². The van der Waals surface area contributed by atoms with Crippen LogP contribution in [0.4, 0.5) is 0 Å². The summed E-state index contributed by atoms with van der Waals surface area (Å²) in [7, 11) is 2.03. The molecule has 0 spiro atoms. The zero-order valence-corrected chi connectivity index (χ0v) is 11.9. The van der Waals surface area contributed by atoms with E-state index in [0.29, 0.717) is 13.0 Å². The molecule has 0 aliphatic heterocycles. The van der Waals surface area contributed by atoms with Crippen LogP contribution in [0.2, 0.25) is 0 Å². The first-order chi connectivity index (χ1) is 9.13. The Hall–Kier alpha value is -1.39. The molecule has 1 rings (SSSR count). The van der Waals surface area contributed by atoms with Gasteiger partial charge in [-0.2, -0.15) is 0 Å². The normalized spacial score (nSPS) is 12.4. The molecule has 0 fully saturated rings. The fraction of sp³-hybridized carbons (Fsp3) is 0.533. The van der Waals surface area contributed by atoms with Crippen molar-refractivity contribution >= 4 is 5.91 Å². The lowest BCUT2D eigenvalue weighted by atomic mass is 10.1. The molecular formula is C15H25N3O. The number of hydrogen-bond donors (Lipinski definition) is 2. The van der Waals surface area contributed by atoms with Crippen LogP contribution in [0.5, 0.6) is 0 Å². The molecule has 0 heterocycles. The van der Waals surface area contributed by atoms with Crippen LogP contribution in [0.25, 0.3) is 0 Å². The van der Waals surface area contributed by atoms with E-state index in [1.807, 2.05) is 25.2 Å². The minimum absolute atomic E-state index is 0.0552. The molecule has 0 aliphatic carbocycles. The number of hydrogen-bond acceptors (Lipinski definition) is 3. The third-order valence-corrected chi connectivity index (χ3v) is 3.26. The maximum absolute atomic E-state index is 11.8. The molecule has 1 aromatic carbocycles. The molecular weight excluding hydrogens is 238 g/mol. The highest BCUT2D eigenvalue weighted by molar-refractivity contribution is 5.81.